The number of aliphatic carboxylic acids is 1. The van der Waals surface area contributed by atoms with E-state index >= 15 is 0 Å². The first-order chi connectivity index (χ1) is 25.1. The molecule has 0 heterocycles. The Bertz CT molecular complexity index is 1320. The fourth-order valence-corrected chi connectivity index (χ4v) is 4.88. The zero-order chi connectivity index (χ0) is 41.5. The molecule has 0 saturated carbocycles. The summed E-state index contributed by atoms with van der Waals surface area (Å²) in [6.07, 6.45) is -0.417. The van der Waals surface area contributed by atoms with Crippen molar-refractivity contribution in [2.75, 3.05) is 26.2 Å². The lowest BCUT2D eigenvalue weighted by Gasteiger charge is -2.26. The van der Waals surface area contributed by atoms with Gasteiger partial charge in [-0.05, 0) is 57.3 Å². The number of aliphatic hydroxyl groups is 1. The minimum absolute atomic E-state index is 0.00259. The number of nitrogens with zero attached hydrogens (tertiary/aromatic N) is 2. The lowest BCUT2D eigenvalue weighted by atomic mass is 10.0. The molecule has 308 valence electrons. The largest absolute Gasteiger partial charge is 0.480 e. The van der Waals surface area contributed by atoms with E-state index in [-0.39, 0.29) is 68.9 Å². The summed E-state index contributed by atoms with van der Waals surface area (Å²) in [7, 11) is 0. The van der Waals surface area contributed by atoms with Gasteiger partial charge in [0.05, 0.1) is 18.7 Å². The number of hydrogen-bond acceptors (Lipinski definition) is 11. The molecule has 22 nitrogen and oxygen atoms in total. The molecule has 0 rings (SSSR count). The summed E-state index contributed by atoms with van der Waals surface area (Å²) < 4.78 is 0. The second-order valence-corrected chi connectivity index (χ2v) is 13.6. The van der Waals surface area contributed by atoms with E-state index in [1.54, 1.807) is 13.8 Å². The van der Waals surface area contributed by atoms with Crippen molar-refractivity contribution in [3.63, 3.8) is 0 Å². The molecule has 18 N–H and O–H groups in total. The first kappa shape index (κ1) is 48.8. The van der Waals surface area contributed by atoms with Gasteiger partial charge in [-0.25, -0.2) is 0 Å². The Labute approximate surface area is 315 Å². The van der Waals surface area contributed by atoms with E-state index in [1.807, 2.05) is 13.8 Å². The first-order valence-electron chi connectivity index (χ1n) is 17.7. The molecule has 0 fully saturated rings. The smallest absolute Gasteiger partial charge is 0.322 e. The Kier molecular flexibility index (Phi) is 23.2. The third kappa shape index (κ3) is 22.0. The standard InChI is InChI=1S/C32H61N13O9/c1-16(2)12-19(33)26(50)42-21(9-7-11-39-32(36)37)29(53)43-20(8-6-10-38-31(34)35)27(51)40-14-23(47)45-25(18(5)46)30(54)44-22(13-17(3)4)28(52)41-15-24(48)49/h16-22,25,46H,6-15,33H2,1-5H3,(H,40,51)(H,41,52)(H,42,50)(H,43,53)(H,44,54)(H,45,47)(H,48,49)(H4,34,35,38)(H4,36,37,39)/t18-,19+,20+,21+,22+,25+/m1/s1. The number of carboxylic acid groups (broad SMARTS) is 1. The van der Waals surface area contributed by atoms with Crippen LogP contribution in [-0.2, 0) is 33.6 Å². The van der Waals surface area contributed by atoms with E-state index < -0.39 is 90.8 Å². The van der Waals surface area contributed by atoms with Crippen molar-refractivity contribution in [2.45, 2.75) is 109 Å². The molecule has 54 heavy (non-hydrogen) atoms. The topological polar surface area (TPSA) is 387 Å². The number of nitrogens with one attached hydrogen (secondary N) is 6. The van der Waals surface area contributed by atoms with Gasteiger partial charge in [-0.2, -0.15) is 0 Å². The molecule has 0 aromatic carbocycles. The lowest BCUT2D eigenvalue weighted by molar-refractivity contribution is -0.139. The molecular formula is C32H61N13O9. The van der Waals surface area contributed by atoms with Crippen LogP contribution in [0.4, 0.5) is 0 Å². The van der Waals surface area contributed by atoms with E-state index in [2.05, 4.69) is 41.9 Å². The second-order valence-electron chi connectivity index (χ2n) is 13.6. The summed E-state index contributed by atoms with van der Waals surface area (Å²) in [5.41, 5.74) is 27.6. The van der Waals surface area contributed by atoms with E-state index in [0.29, 0.717) is 6.42 Å². The van der Waals surface area contributed by atoms with Crippen LogP contribution in [0.3, 0.4) is 0 Å². The molecule has 0 unspecified atom stereocenters. The molecule has 0 saturated heterocycles. The zero-order valence-electron chi connectivity index (χ0n) is 31.7. The van der Waals surface area contributed by atoms with Crippen LogP contribution in [0, 0.1) is 11.8 Å². The highest BCUT2D eigenvalue weighted by atomic mass is 16.4. The number of carbonyl (C=O) groups excluding carboxylic acids is 6. The predicted octanol–water partition coefficient (Wildman–Crippen LogP) is -4.85. The van der Waals surface area contributed by atoms with Gasteiger partial charge in [-0.15, -0.1) is 0 Å². The summed E-state index contributed by atoms with van der Waals surface area (Å²) in [6, 6.07) is -6.05. The Morgan fingerprint density at radius 3 is 1.50 bits per heavy atom. The van der Waals surface area contributed by atoms with E-state index in [4.69, 9.17) is 33.8 Å². The molecule has 0 aliphatic carbocycles. The third-order valence-electron chi connectivity index (χ3n) is 7.48. The van der Waals surface area contributed by atoms with Crippen molar-refractivity contribution >= 4 is 53.3 Å². The number of aliphatic imine (C=N–C) groups is 2. The normalized spacial score (nSPS) is 14.2. The number of nitrogens with two attached hydrogens (primary N) is 5. The second kappa shape index (κ2) is 25.7. The molecular weight excluding hydrogens is 710 g/mol. The molecule has 0 aliphatic heterocycles. The maximum absolute atomic E-state index is 13.5. The predicted molar refractivity (Wildman–Crippen MR) is 200 cm³/mol. The van der Waals surface area contributed by atoms with Gasteiger partial charge in [0.15, 0.2) is 11.9 Å². The number of carboxylic acids is 1. The van der Waals surface area contributed by atoms with Gasteiger partial charge in [0, 0.05) is 13.1 Å². The summed E-state index contributed by atoms with van der Waals surface area (Å²) in [4.78, 5) is 96.9. The van der Waals surface area contributed by atoms with Crippen molar-refractivity contribution in [3.05, 3.63) is 0 Å². The Balaban J connectivity index is 5.91. The molecule has 6 amide bonds. The van der Waals surface area contributed by atoms with Crippen molar-refractivity contribution in [1.29, 1.82) is 0 Å². The summed E-state index contributed by atoms with van der Waals surface area (Å²) >= 11 is 0. The van der Waals surface area contributed by atoms with Crippen LogP contribution in [0.5, 0.6) is 0 Å². The highest BCUT2D eigenvalue weighted by Crippen LogP contribution is 2.08. The quantitative estimate of drug-likeness (QED) is 0.0223. The van der Waals surface area contributed by atoms with Crippen molar-refractivity contribution in [2.24, 2.45) is 50.5 Å². The van der Waals surface area contributed by atoms with Crippen LogP contribution in [0.1, 0.15) is 73.1 Å². The molecule has 0 aromatic rings. The highest BCUT2D eigenvalue weighted by Gasteiger charge is 2.32. The van der Waals surface area contributed by atoms with Crippen LogP contribution in [0.25, 0.3) is 0 Å². The average Bonchev–Trinajstić information content (AvgIpc) is 3.05. The van der Waals surface area contributed by atoms with Crippen molar-refractivity contribution in [3.8, 4) is 0 Å². The number of carbonyl (C=O) groups is 7. The zero-order valence-corrected chi connectivity index (χ0v) is 31.7. The Morgan fingerprint density at radius 1 is 0.593 bits per heavy atom. The number of aliphatic hydroxyl groups excluding tert-OH is 1. The molecule has 0 spiro atoms. The SMILES string of the molecule is CC(C)C[C@H](NC(=O)[C@@H](NC(=O)CNC(=O)[C@H](CCCN=C(N)N)NC(=O)[C@H](CCCN=C(N)N)NC(=O)[C@@H](N)CC(C)C)[C@@H](C)O)C(=O)NCC(=O)O. The van der Waals surface area contributed by atoms with E-state index in [0.717, 1.165) is 0 Å². The molecule has 0 radical (unpaired) electrons. The molecule has 0 bridgehead atoms. The fraction of sp³-hybridized carbons (Fsp3) is 0.719. The Hall–Kier alpha value is -5.25. The maximum atomic E-state index is 13.5. The van der Waals surface area contributed by atoms with Crippen LogP contribution in [0.15, 0.2) is 9.98 Å². The van der Waals surface area contributed by atoms with E-state index in [9.17, 15) is 38.7 Å². The third-order valence-corrected chi connectivity index (χ3v) is 7.48. The van der Waals surface area contributed by atoms with Gasteiger partial charge >= 0.3 is 5.97 Å². The van der Waals surface area contributed by atoms with E-state index in [1.165, 1.54) is 6.92 Å². The van der Waals surface area contributed by atoms with Gasteiger partial charge in [0.25, 0.3) is 0 Å². The molecule has 22 heteroatoms. The fourth-order valence-electron chi connectivity index (χ4n) is 4.88. The number of rotatable bonds is 26. The minimum Gasteiger partial charge on any atom is -0.480 e. The van der Waals surface area contributed by atoms with Crippen LogP contribution < -0.4 is 60.6 Å². The summed E-state index contributed by atoms with van der Waals surface area (Å²) in [5.74, 6) is -6.39. The number of hydrogen-bond donors (Lipinski definition) is 13. The highest BCUT2D eigenvalue weighted by molar-refractivity contribution is 5.96. The lowest BCUT2D eigenvalue weighted by Crippen LogP contribution is -2.59. The molecule has 0 aromatic heterocycles. The van der Waals surface area contributed by atoms with Crippen LogP contribution >= 0.6 is 0 Å². The van der Waals surface area contributed by atoms with Crippen LogP contribution in [-0.4, -0.2) is 126 Å². The van der Waals surface area contributed by atoms with Crippen molar-refractivity contribution in [1.82, 2.24) is 31.9 Å². The Morgan fingerprint density at radius 2 is 1.04 bits per heavy atom. The van der Waals surface area contributed by atoms with Gasteiger partial charge in [0.1, 0.15) is 30.7 Å². The molecule has 6 atom stereocenters. The molecule has 0 aliphatic rings. The van der Waals surface area contributed by atoms with Crippen molar-refractivity contribution < 1.29 is 43.8 Å². The van der Waals surface area contributed by atoms with Crippen LogP contribution in [0.2, 0.25) is 0 Å². The monoisotopic (exact) mass is 771 g/mol. The van der Waals surface area contributed by atoms with Gasteiger partial charge in [-0.3, -0.25) is 43.5 Å². The van der Waals surface area contributed by atoms with Gasteiger partial charge < -0.3 is 70.8 Å². The van der Waals surface area contributed by atoms with Gasteiger partial charge in [0.2, 0.25) is 35.4 Å². The minimum atomic E-state index is -1.57. The van der Waals surface area contributed by atoms with Gasteiger partial charge in [-0.1, -0.05) is 27.7 Å². The summed E-state index contributed by atoms with van der Waals surface area (Å²) in [6.45, 7) is 7.39. The number of amides is 6. The maximum Gasteiger partial charge on any atom is 0.322 e. The number of guanidine groups is 2. The average molecular weight is 772 g/mol. The first-order valence-corrected chi connectivity index (χ1v) is 17.7. The summed E-state index contributed by atoms with van der Waals surface area (Å²) in [5, 5.41) is 33.7.